The average Bonchev–Trinajstić information content (AvgIpc) is 3.18. The lowest BCUT2D eigenvalue weighted by Gasteiger charge is -2.28. The monoisotopic (exact) mass is 372 g/mol. The first kappa shape index (κ1) is 16.5. The average molecular weight is 373 g/mol. The molecule has 2 rings (SSSR count). The van der Waals surface area contributed by atoms with E-state index in [9.17, 15) is 14.4 Å². The van der Waals surface area contributed by atoms with Gasteiger partial charge in [-0.2, -0.15) is 0 Å². The van der Waals surface area contributed by atoms with Crippen molar-refractivity contribution in [2.45, 2.75) is 31.8 Å². The van der Waals surface area contributed by atoms with Crippen molar-refractivity contribution in [3.05, 3.63) is 22.6 Å². The van der Waals surface area contributed by atoms with Crippen molar-refractivity contribution in [3.8, 4) is 0 Å². The lowest BCUT2D eigenvalue weighted by Crippen LogP contribution is -2.49. The molecule has 0 bridgehead atoms. The fourth-order valence-electron chi connectivity index (χ4n) is 2.18. The summed E-state index contributed by atoms with van der Waals surface area (Å²) in [7, 11) is 1.48. The van der Waals surface area contributed by atoms with Crippen molar-refractivity contribution in [1.82, 2.24) is 9.80 Å². The summed E-state index contributed by atoms with van der Waals surface area (Å²) < 4.78 is 5.59. The topological polar surface area (TPSA) is 91.1 Å². The quantitative estimate of drug-likeness (QED) is 0.818. The summed E-state index contributed by atoms with van der Waals surface area (Å²) >= 11 is 3.11. The molecule has 1 heterocycles. The number of carbonyl (C=O) groups is 3. The minimum absolute atomic E-state index is 0.0418. The minimum atomic E-state index is -1.05. The van der Waals surface area contributed by atoms with Crippen molar-refractivity contribution < 1.29 is 23.9 Å². The number of carbonyl (C=O) groups excluding carboxylic acids is 2. The summed E-state index contributed by atoms with van der Waals surface area (Å²) in [6.07, 6.45) is 1.60. The molecule has 1 aliphatic rings. The molecule has 8 heteroatoms. The second-order valence-corrected chi connectivity index (χ2v) is 6.09. The first-order valence-corrected chi connectivity index (χ1v) is 7.65. The van der Waals surface area contributed by atoms with Crippen LogP contribution in [0.15, 0.2) is 21.2 Å². The van der Waals surface area contributed by atoms with Crippen molar-refractivity contribution in [1.29, 1.82) is 0 Å². The fourth-order valence-corrected chi connectivity index (χ4v) is 2.49. The molecule has 0 radical (unpaired) electrons. The molecule has 0 saturated heterocycles. The van der Waals surface area contributed by atoms with Crippen molar-refractivity contribution >= 4 is 33.7 Å². The molecule has 1 saturated carbocycles. The number of furan rings is 1. The molecule has 1 fully saturated rings. The molecule has 22 heavy (non-hydrogen) atoms. The smallest absolute Gasteiger partial charge is 0.326 e. The summed E-state index contributed by atoms with van der Waals surface area (Å²) in [5.74, 6) is -1.74. The van der Waals surface area contributed by atoms with Gasteiger partial charge in [-0.3, -0.25) is 9.59 Å². The molecule has 1 aromatic heterocycles. The van der Waals surface area contributed by atoms with Gasteiger partial charge in [0.25, 0.3) is 5.91 Å². The molecule has 2 amide bonds. The van der Waals surface area contributed by atoms with Gasteiger partial charge in [-0.05, 0) is 47.8 Å². The predicted molar refractivity (Wildman–Crippen MR) is 80.3 cm³/mol. The first-order valence-electron chi connectivity index (χ1n) is 6.86. The van der Waals surface area contributed by atoms with E-state index in [1.54, 1.807) is 6.07 Å². The molecule has 0 aromatic carbocycles. The Morgan fingerprint density at radius 1 is 1.41 bits per heavy atom. The largest absolute Gasteiger partial charge is 0.480 e. The van der Waals surface area contributed by atoms with Gasteiger partial charge in [0.1, 0.15) is 6.04 Å². The predicted octanol–water partition coefficient (Wildman–Crippen LogP) is 1.58. The number of likely N-dealkylation sites (N-methyl/N-ethyl adjacent to an activating group) is 1. The van der Waals surface area contributed by atoms with Crippen LogP contribution in [0.4, 0.5) is 0 Å². The van der Waals surface area contributed by atoms with Crippen LogP contribution in [0.2, 0.25) is 0 Å². The van der Waals surface area contributed by atoms with Crippen LogP contribution in [0.3, 0.4) is 0 Å². The number of halogens is 1. The molecular weight excluding hydrogens is 356 g/mol. The molecule has 120 valence electrons. The van der Waals surface area contributed by atoms with Crippen molar-refractivity contribution in [2.75, 3.05) is 13.6 Å². The number of carboxylic acid groups (broad SMARTS) is 1. The van der Waals surface area contributed by atoms with E-state index in [0.29, 0.717) is 4.67 Å². The normalized spacial score (nSPS) is 15.2. The van der Waals surface area contributed by atoms with Crippen LogP contribution in [0.5, 0.6) is 0 Å². The van der Waals surface area contributed by atoms with Crippen molar-refractivity contribution in [2.24, 2.45) is 0 Å². The highest BCUT2D eigenvalue weighted by atomic mass is 79.9. The van der Waals surface area contributed by atoms with Crippen LogP contribution in [-0.4, -0.2) is 58.4 Å². The molecule has 0 aliphatic heterocycles. The van der Waals surface area contributed by atoms with E-state index < -0.39 is 17.9 Å². The number of amides is 2. The zero-order valence-corrected chi connectivity index (χ0v) is 13.9. The SMILES string of the molecule is CC(C(=O)O)N(C(=O)CN(C)C(=O)c1ccc(Br)o1)C1CC1. The van der Waals surface area contributed by atoms with Gasteiger partial charge in [-0.1, -0.05) is 0 Å². The van der Waals surface area contributed by atoms with Crippen LogP contribution in [-0.2, 0) is 9.59 Å². The van der Waals surface area contributed by atoms with Gasteiger partial charge >= 0.3 is 5.97 Å². The highest BCUT2D eigenvalue weighted by molar-refractivity contribution is 9.10. The molecule has 1 aliphatic carbocycles. The summed E-state index contributed by atoms with van der Waals surface area (Å²) in [6.45, 7) is 1.29. The van der Waals surface area contributed by atoms with Gasteiger partial charge in [0.05, 0.1) is 6.54 Å². The molecule has 1 unspecified atom stereocenters. The Labute approximate surface area is 136 Å². The van der Waals surface area contributed by atoms with E-state index in [1.807, 2.05) is 0 Å². The van der Waals surface area contributed by atoms with E-state index in [2.05, 4.69) is 15.9 Å². The van der Waals surface area contributed by atoms with Crippen LogP contribution in [0.1, 0.15) is 30.3 Å². The third-order valence-electron chi connectivity index (χ3n) is 3.51. The Balaban J connectivity index is 2.03. The number of aliphatic carboxylic acids is 1. The van der Waals surface area contributed by atoms with Gasteiger partial charge < -0.3 is 19.3 Å². The van der Waals surface area contributed by atoms with E-state index in [-0.39, 0.29) is 24.3 Å². The molecule has 1 aromatic rings. The highest BCUT2D eigenvalue weighted by Gasteiger charge is 2.38. The Morgan fingerprint density at radius 2 is 2.05 bits per heavy atom. The minimum Gasteiger partial charge on any atom is -0.480 e. The Bertz CT molecular complexity index is 596. The third kappa shape index (κ3) is 3.68. The Morgan fingerprint density at radius 3 is 2.50 bits per heavy atom. The fraction of sp³-hybridized carbons (Fsp3) is 0.500. The third-order valence-corrected chi connectivity index (χ3v) is 3.93. The van der Waals surface area contributed by atoms with E-state index >= 15 is 0 Å². The van der Waals surface area contributed by atoms with Crippen LogP contribution in [0.25, 0.3) is 0 Å². The van der Waals surface area contributed by atoms with Crippen LogP contribution < -0.4 is 0 Å². The maximum Gasteiger partial charge on any atom is 0.326 e. The van der Waals surface area contributed by atoms with Crippen LogP contribution in [0, 0.1) is 0 Å². The maximum absolute atomic E-state index is 12.4. The molecule has 7 nitrogen and oxygen atoms in total. The number of rotatable bonds is 6. The van der Waals surface area contributed by atoms with E-state index in [1.165, 1.54) is 29.8 Å². The summed E-state index contributed by atoms with van der Waals surface area (Å²) in [6, 6.07) is 2.15. The molecule has 0 spiro atoms. The zero-order chi connectivity index (χ0) is 16.4. The van der Waals surface area contributed by atoms with Crippen LogP contribution >= 0.6 is 15.9 Å². The number of hydrogen-bond donors (Lipinski definition) is 1. The zero-order valence-electron chi connectivity index (χ0n) is 12.3. The summed E-state index contributed by atoms with van der Waals surface area (Å²) in [4.78, 5) is 38.2. The van der Waals surface area contributed by atoms with E-state index in [4.69, 9.17) is 9.52 Å². The number of carboxylic acids is 1. The van der Waals surface area contributed by atoms with E-state index in [0.717, 1.165) is 12.8 Å². The summed E-state index contributed by atoms with van der Waals surface area (Å²) in [5, 5.41) is 9.11. The lowest BCUT2D eigenvalue weighted by atomic mass is 10.2. The number of hydrogen-bond acceptors (Lipinski definition) is 4. The molecular formula is C14H17BrN2O5. The molecule has 1 N–H and O–H groups in total. The number of nitrogens with zero attached hydrogens (tertiary/aromatic N) is 2. The van der Waals surface area contributed by atoms with Gasteiger partial charge in [0, 0.05) is 13.1 Å². The first-order chi connectivity index (χ1) is 10.3. The van der Waals surface area contributed by atoms with Gasteiger partial charge in [0.15, 0.2) is 10.4 Å². The second kappa shape index (κ2) is 6.51. The molecule has 1 atom stereocenters. The van der Waals surface area contributed by atoms with Gasteiger partial charge in [-0.15, -0.1) is 0 Å². The lowest BCUT2D eigenvalue weighted by molar-refractivity contribution is -0.150. The Hall–Kier alpha value is -1.83. The summed E-state index contributed by atoms with van der Waals surface area (Å²) in [5.41, 5.74) is 0. The maximum atomic E-state index is 12.4. The second-order valence-electron chi connectivity index (χ2n) is 5.31. The highest BCUT2D eigenvalue weighted by Crippen LogP contribution is 2.29. The van der Waals surface area contributed by atoms with Crippen molar-refractivity contribution in [3.63, 3.8) is 0 Å². The van der Waals surface area contributed by atoms with Gasteiger partial charge in [-0.25, -0.2) is 4.79 Å². The Kier molecular flexibility index (Phi) is 4.90. The van der Waals surface area contributed by atoms with Gasteiger partial charge in [0.2, 0.25) is 5.91 Å². The standard InChI is InChI=1S/C14H17BrN2O5/c1-8(14(20)21)17(9-3-4-9)12(18)7-16(2)13(19)10-5-6-11(15)22-10/h5-6,8-9H,3-4,7H2,1-2H3,(H,20,21).